The predicted octanol–water partition coefficient (Wildman–Crippen LogP) is 4.73. The Bertz CT molecular complexity index is 623. The SMILES string of the molecule is CCCOc1ccc(Oc2cc(Br)cc(C(=O)O)c2)cc1. The van der Waals surface area contributed by atoms with E-state index in [1.54, 1.807) is 18.2 Å². The molecule has 0 atom stereocenters. The highest BCUT2D eigenvalue weighted by molar-refractivity contribution is 9.10. The summed E-state index contributed by atoms with van der Waals surface area (Å²) in [6, 6.07) is 11.9. The Morgan fingerprint density at radius 3 is 2.38 bits per heavy atom. The molecular weight excluding hydrogens is 336 g/mol. The van der Waals surface area contributed by atoms with Crippen LogP contribution >= 0.6 is 15.9 Å². The van der Waals surface area contributed by atoms with E-state index >= 15 is 0 Å². The lowest BCUT2D eigenvalue weighted by Gasteiger charge is -2.09. The summed E-state index contributed by atoms with van der Waals surface area (Å²) < 4.78 is 11.8. The molecule has 2 rings (SSSR count). The van der Waals surface area contributed by atoms with Crippen LogP contribution in [0, 0.1) is 0 Å². The van der Waals surface area contributed by atoms with E-state index in [0.29, 0.717) is 22.6 Å². The van der Waals surface area contributed by atoms with E-state index in [4.69, 9.17) is 14.6 Å². The number of benzene rings is 2. The molecule has 0 fully saturated rings. The monoisotopic (exact) mass is 350 g/mol. The molecule has 0 radical (unpaired) electrons. The first kappa shape index (κ1) is 15.4. The van der Waals surface area contributed by atoms with Gasteiger partial charge in [-0.25, -0.2) is 4.79 Å². The maximum atomic E-state index is 11.0. The largest absolute Gasteiger partial charge is 0.494 e. The zero-order valence-electron chi connectivity index (χ0n) is 11.5. The minimum absolute atomic E-state index is 0.169. The molecule has 1 N–H and O–H groups in total. The summed E-state index contributed by atoms with van der Waals surface area (Å²) in [6.07, 6.45) is 0.953. The van der Waals surface area contributed by atoms with Crippen molar-refractivity contribution in [3.63, 3.8) is 0 Å². The van der Waals surface area contributed by atoms with Crippen molar-refractivity contribution in [3.8, 4) is 17.2 Å². The van der Waals surface area contributed by atoms with E-state index < -0.39 is 5.97 Å². The van der Waals surface area contributed by atoms with Crippen molar-refractivity contribution >= 4 is 21.9 Å². The van der Waals surface area contributed by atoms with Gasteiger partial charge in [0.25, 0.3) is 0 Å². The Morgan fingerprint density at radius 2 is 1.76 bits per heavy atom. The van der Waals surface area contributed by atoms with Crippen LogP contribution in [0.2, 0.25) is 0 Å². The zero-order valence-corrected chi connectivity index (χ0v) is 13.1. The van der Waals surface area contributed by atoms with Crippen LogP contribution in [-0.4, -0.2) is 17.7 Å². The van der Waals surface area contributed by atoms with Crippen molar-refractivity contribution in [2.45, 2.75) is 13.3 Å². The maximum absolute atomic E-state index is 11.0. The van der Waals surface area contributed by atoms with Gasteiger partial charge < -0.3 is 14.6 Å². The average molecular weight is 351 g/mol. The highest BCUT2D eigenvalue weighted by Crippen LogP contribution is 2.27. The smallest absolute Gasteiger partial charge is 0.335 e. The number of hydrogen-bond donors (Lipinski definition) is 1. The quantitative estimate of drug-likeness (QED) is 0.818. The number of hydrogen-bond acceptors (Lipinski definition) is 3. The Morgan fingerprint density at radius 1 is 1.10 bits per heavy atom. The third-order valence-electron chi connectivity index (χ3n) is 2.65. The molecule has 21 heavy (non-hydrogen) atoms. The van der Waals surface area contributed by atoms with Gasteiger partial charge in [-0.15, -0.1) is 0 Å². The number of carboxylic acid groups (broad SMARTS) is 1. The van der Waals surface area contributed by atoms with Gasteiger partial charge in [-0.1, -0.05) is 22.9 Å². The number of rotatable bonds is 6. The number of halogens is 1. The van der Waals surface area contributed by atoms with Gasteiger partial charge in [0, 0.05) is 4.47 Å². The lowest BCUT2D eigenvalue weighted by molar-refractivity contribution is 0.0696. The number of carbonyl (C=O) groups is 1. The summed E-state index contributed by atoms with van der Waals surface area (Å²) >= 11 is 3.27. The van der Waals surface area contributed by atoms with Crippen LogP contribution in [0.25, 0.3) is 0 Å². The van der Waals surface area contributed by atoms with Crippen molar-refractivity contribution in [1.29, 1.82) is 0 Å². The second-order valence-corrected chi connectivity index (χ2v) is 5.32. The number of ether oxygens (including phenoxy) is 2. The molecule has 110 valence electrons. The van der Waals surface area contributed by atoms with Crippen molar-refractivity contribution in [1.82, 2.24) is 0 Å². The van der Waals surface area contributed by atoms with Gasteiger partial charge in [-0.2, -0.15) is 0 Å². The summed E-state index contributed by atoms with van der Waals surface area (Å²) in [5, 5.41) is 9.03. The third kappa shape index (κ3) is 4.49. The van der Waals surface area contributed by atoms with E-state index in [1.165, 1.54) is 12.1 Å². The molecule has 0 saturated heterocycles. The molecule has 0 aliphatic carbocycles. The van der Waals surface area contributed by atoms with Crippen LogP contribution in [-0.2, 0) is 0 Å². The Labute approximate surface area is 131 Å². The molecule has 5 heteroatoms. The van der Waals surface area contributed by atoms with Crippen molar-refractivity contribution in [3.05, 3.63) is 52.5 Å². The summed E-state index contributed by atoms with van der Waals surface area (Å²) in [5.74, 6) is 0.867. The molecule has 2 aromatic rings. The number of carboxylic acids is 1. The third-order valence-corrected chi connectivity index (χ3v) is 3.11. The van der Waals surface area contributed by atoms with Crippen molar-refractivity contribution < 1.29 is 19.4 Å². The van der Waals surface area contributed by atoms with Crippen LogP contribution < -0.4 is 9.47 Å². The Kier molecular flexibility index (Phi) is 5.22. The van der Waals surface area contributed by atoms with Crippen LogP contribution in [0.5, 0.6) is 17.2 Å². The zero-order chi connectivity index (χ0) is 15.2. The summed E-state index contributed by atoms with van der Waals surface area (Å²) in [4.78, 5) is 11.0. The Hall–Kier alpha value is -2.01. The highest BCUT2D eigenvalue weighted by Gasteiger charge is 2.07. The van der Waals surface area contributed by atoms with E-state index in [2.05, 4.69) is 15.9 Å². The first-order valence-electron chi connectivity index (χ1n) is 6.53. The molecule has 2 aromatic carbocycles. The molecule has 0 unspecified atom stereocenters. The van der Waals surface area contributed by atoms with Crippen LogP contribution in [0.3, 0.4) is 0 Å². The minimum Gasteiger partial charge on any atom is -0.494 e. The fourth-order valence-electron chi connectivity index (χ4n) is 1.71. The lowest BCUT2D eigenvalue weighted by Crippen LogP contribution is -1.97. The van der Waals surface area contributed by atoms with E-state index in [9.17, 15) is 4.79 Å². The lowest BCUT2D eigenvalue weighted by atomic mass is 10.2. The average Bonchev–Trinajstić information content (AvgIpc) is 2.46. The standard InChI is InChI=1S/C16H15BrO4/c1-2-7-20-13-3-5-14(6-4-13)21-15-9-11(16(18)19)8-12(17)10-15/h3-6,8-10H,2,7H2,1H3,(H,18,19). The second-order valence-electron chi connectivity index (χ2n) is 4.40. The molecule has 0 saturated carbocycles. The fourth-order valence-corrected chi connectivity index (χ4v) is 2.18. The van der Waals surface area contributed by atoms with Crippen LogP contribution in [0.4, 0.5) is 0 Å². The normalized spacial score (nSPS) is 10.2. The van der Waals surface area contributed by atoms with Crippen LogP contribution in [0.15, 0.2) is 46.9 Å². The van der Waals surface area contributed by atoms with E-state index in [0.717, 1.165) is 12.2 Å². The van der Waals surface area contributed by atoms with Gasteiger partial charge in [-0.05, 0) is 48.9 Å². The molecule has 0 amide bonds. The first-order chi connectivity index (χ1) is 10.1. The number of aromatic carboxylic acids is 1. The molecule has 0 aromatic heterocycles. The van der Waals surface area contributed by atoms with Crippen molar-refractivity contribution in [2.24, 2.45) is 0 Å². The maximum Gasteiger partial charge on any atom is 0.335 e. The van der Waals surface area contributed by atoms with E-state index in [1.807, 2.05) is 19.1 Å². The molecule has 0 heterocycles. The van der Waals surface area contributed by atoms with Crippen molar-refractivity contribution in [2.75, 3.05) is 6.61 Å². The topological polar surface area (TPSA) is 55.8 Å². The minimum atomic E-state index is -0.996. The predicted molar refractivity (Wildman–Crippen MR) is 83.4 cm³/mol. The first-order valence-corrected chi connectivity index (χ1v) is 7.32. The van der Waals surface area contributed by atoms with Gasteiger partial charge in [0.05, 0.1) is 12.2 Å². The summed E-state index contributed by atoms with van der Waals surface area (Å²) in [7, 11) is 0. The van der Waals surface area contributed by atoms with Gasteiger partial charge in [0.1, 0.15) is 17.2 Å². The van der Waals surface area contributed by atoms with Gasteiger partial charge in [0.2, 0.25) is 0 Å². The second kappa shape index (κ2) is 7.13. The molecular formula is C16H15BrO4. The fraction of sp³-hybridized carbons (Fsp3) is 0.188. The van der Waals surface area contributed by atoms with Crippen LogP contribution in [0.1, 0.15) is 23.7 Å². The Balaban J connectivity index is 2.12. The molecule has 0 aliphatic rings. The van der Waals surface area contributed by atoms with Gasteiger partial charge in [-0.3, -0.25) is 0 Å². The van der Waals surface area contributed by atoms with Gasteiger partial charge >= 0.3 is 5.97 Å². The molecule has 0 spiro atoms. The summed E-state index contributed by atoms with van der Waals surface area (Å²) in [5.41, 5.74) is 0.169. The molecule has 4 nitrogen and oxygen atoms in total. The van der Waals surface area contributed by atoms with E-state index in [-0.39, 0.29) is 5.56 Å². The molecule has 0 aliphatic heterocycles. The highest BCUT2D eigenvalue weighted by atomic mass is 79.9. The molecule has 0 bridgehead atoms. The van der Waals surface area contributed by atoms with Gasteiger partial charge in [0.15, 0.2) is 0 Å². The summed E-state index contributed by atoms with van der Waals surface area (Å²) in [6.45, 7) is 2.72.